The smallest absolute Gasteiger partial charge is 0.317 e. The Morgan fingerprint density at radius 3 is 1.92 bits per heavy atom. The van der Waals surface area contributed by atoms with Gasteiger partial charge in [0.2, 0.25) is 0 Å². The molecule has 26 heavy (non-hydrogen) atoms. The van der Waals surface area contributed by atoms with Crippen molar-refractivity contribution in [3.63, 3.8) is 0 Å². The fourth-order valence-electron chi connectivity index (χ4n) is 5.22. The number of halogens is 4. The Labute approximate surface area is 153 Å². The van der Waals surface area contributed by atoms with Crippen molar-refractivity contribution in [1.82, 2.24) is 0 Å². The van der Waals surface area contributed by atoms with E-state index in [1.165, 1.54) is 0 Å². The minimum Gasteiger partial charge on any atom is -0.317 e. The third-order valence-corrected chi connectivity index (χ3v) is 6.72. The molecule has 3 saturated carbocycles. The standard InChI is InChI=1S/C20H29F4NO/c21-17-10-15(14-4-2-1-3-5-14)11-18(22)19(17)20(23,24)26-16-8-6-13(12-25)7-9-16/h13-19H,1-11H2. The number of hydrogen-bond donors (Lipinski definition) is 0. The second-order valence-electron chi connectivity index (χ2n) is 8.47. The second-order valence-corrected chi connectivity index (χ2v) is 8.47. The van der Waals surface area contributed by atoms with Crippen molar-refractivity contribution in [2.24, 2.45) is 23.7 Å². The van der Waals surface area contributed by atoms with Crippen molar-refractivity contribution in [2.75, 3.05) is 0 Å². The quantitative estimate of drug-likeness (QED) is 0.568. The van der Waals surface area contributed by atoms with Gasteiger partial charge in [0.15, 0.2) is 0 Å². The van der Waals surface area contributed by atoms with Crippen LogP contribution in [0.5, 0.6) is 0 Å². The van der Waals surface area contributed by atoms with Crippen molar-refractivity contribution >= 4 is 0 Å². The highest BCUT2D eigenvalue weighted by atomic mass is 19.3. The minimum atomic E-state index is -3.79. The van der Waals surface area contributed by atoms with Gasteiger partial charge in [0.1, 0.15) is 18.3 Å². The van der Waals surface area contributed by atoms with Gasteiger partial charge in [-0.1, -0.05) is 32.1 Å². The molecule has 0 radical (unpaired) electrons. The maximum absolute atomic E-state index is 14.6. The third-order valence-electron chi connectivity index (χ3n) is 6.72. The first-order chi connectivity index (χ1) is 12.4. The van der Waals surface area contributed by atoms with Crippen LogP contribution < -0.4 is 0 Å². The molecule has 0 aromatic heterocycles. The second kappa shape index (κ2) is 8.46. The van der Waals surface area contributed by atoms with Crippen LogP contribution in [0.1, 0.15) is 70.6 Å². The summed E-state index contributed by atoms with van der Waals surface area (Å²) in [5.74, 6) is -1.98. The van der Waals surface area contributed by atoms with Gasteiger partial charge in [-0.05, 0) is 50.4 Å². The molecular weight excluding hydrogens is 346 g/mol. The normalized spacial score (nSPS) is 40.1. The van der Waals surface area contributed by atoms with Crippen molar-refractivity contribution < 1.29 is 22.3 Å². The third kappa shape index (κ3) is 4.52. The van der Waals surface area contributed by atoms with E-state index < -0.39 is 30.5 Å². The number of rotatable bonds is 4. The number of hydrogen-bond acceptors (Lipinski definition) is 2. The summed E-state index contributed by atoms with van der Waals surface area (Å²) >= 11 is 0. The Morgan fingerprint density at radius 1 is 0.808 bits per heavy atom. The highest BCUT2D eigenvalue weighted by molar-refractivity contribution is 4.94. The van der Waals surface area contributed by atoms with E-state index >= 15 is 0 Å². The van der Waals surface area contributed by atoms with Gasteiger partial charge in [-0.2, -0.15) is 14.0 Å². The summed E-state index contributed by atoms with van der Waals surface area (Å²) in [6.07, 6.45) is -1.26. The van der Waals surface area contributed by atoms with E-state index in [0.717, 1.165) is 32.1 Å². The van der Waals surface area contributed by atoms with E-state index in [2.05, 4.69) is 6.07 Å². The summed E-state index contributed by atoms with van der Waals surface area (Å²) in [4.78, 5) is 0. The van der Waals surface area contributed by atoms with E-state index in [1.807, 2.05) is 0 Å². The van der Waals surface area contributed by atoms with Gasteiger partial charge in [0.25, 0.3) is 0 Å². The average molecular weight is 375 g/mol. The summed E-state index contributed by atoms with van der Waals surface area (Å²) in [5.41, 5.74) is 0. The molecule has 0 heterocycles. The molecule has 148 valence electrons. The highest BCUT2D eigenvalue weighted by Crippen LogP contribution is 2.48. The zero-order valence-corrected chi connectivity index (χ0v) is 15.2. The first-order valence-corrected chi connectivity index (χ1v) is 10.1. The molecule has 2 atom stereocenters. The molecule has 0 aromatic carbocycles. The molecule has 0 amide bonds. The van der Waals surface area contributed by atoms with Gasteiger partial charge in [0, 0.05) is 5.92 Å². The van der Waals surface area contributed by atoms with Gasteiger partial charge >= 0.3 is 6.11 Å². The molecule has 0 saturated heterocycles. The molecule has 2 unspecified atom stereocenters. The Balaban J connectivity index is 1.58. The molecule has 3 rings (SSSR count). The van der Waals surface area contributed by atoms with Crippen LogP contribution in [-0.2, 0) is 4.74 Å². The van der Waals surface area contributed by atoms with Gasteiger partial charge in [-0.15, -0.1) is 0 Å². The largest absolute Gasteiger partial charge is 0.364 e. The van der Waals surface area contributed by atoms with Crippen LogP contribution in [0.25, 0.3) is 0 Å². The first-order valence-electron chi connectivity index (χ1n) is 10.1. The van der Waals surface area contributed by atoms with Crippen LogP contribution in [0, 0.1) is 35.0 Å². The summed E-state index contributed by atoms with van der Waals surface area (Å²) in [6.45, 7) is 0. The lowest BCUT2D eigenvalue weighted by molar-refractivity contribution is -0.319. The lowest BCUT2D eigenvalue weighted by Crippen LogP contribution is -2.50. The summed E-state index contributed by atoms with van der Waals surface area (Å²) in [7, 11) is 0. The van der Waals surface area contributed by atoms with Crippen LogP contribution >= 0.6 is 0 Å². The van der Waals surface area contributed by atoms with Crippen LogP contribution in [0.4, 0.5) is 17.6 Å². The topological polar surface area (TPSA) is 33.0 Å². The highest BCUT2D eigenvalue weighted by Gasteiger charge is 2.55. The van der Waals surface area contributed by atoms with Crippen LogP contribution in [0.2, 0.25) is 0 Å². The van der Waals surface area contributed by atoms with Crippen molar-refractivity contribution in [3.8, 4) is 6.07 Å². The molecule has 3 fully saturated rings. The zero-order valence-electron chi connectivity index (χ0n) is 15.2. The van der Waals surface area contributed by atoms with Crippen LogP contribution in [0.3, 0.4) is 0 Å². The summed E-state index contributed by atoms with van der Waals surface area (Å²) in [5, 5.41) is 8.88. The van der Waals surface area contributed by atoms with E-state index in [0.29, 0.717) is 25.7 Å². The predicted octanol–water partition coefficient (Wildman–Crippen LogP) is 5.96. The fraction of sp³-hybridized carbons (Fsp3) is 0.950. The molecule has 0 aliphatic heterocycles. The predicted molar refractivity (Wildman–Crippen MR) is 90.0 cm³/mol. The average Bonchev–Trinajstić information content (AvgIpc) is 2.62. The molecule has 0 N–H and O–H groups in total. The van der Waals surface area contributed by atoms with Crippen LogP contribution in [0.15, 0.2) is 0 Å². The SMILES string of the molecule is N#CC1CCC(OC(F)(F)C2C(F)CC(C3CCCCC3)CC2F)CC1. The van der Waals surface area contributed by atoms with Crippen molar-refractivity contribution in [2.45, 2.75) is 95.2 Å². The Hall–Kier alpha value is -0.830. The number of alkyl halides is 4. The molecule has 2 nitrogen and oxygen atoms in total. The Kier molecular flexibility index (Phi) is 6.48. The lowest BCUT2D eigenvalue weighted by Gasteiger charge is -2.42. The first kappa shape index (κ1) is 19.9. The van der Waals surface area contributed by atoms with Gasteiger partial charge in [-0.25, -0.2) is 8.78 Å². The molecule has 0 bridgehead atoms. The van der Waals surface area contributed by atoms with E-state index in [-0.39, 0.29) is 30.6 Å². The number of ether oxygens (including phenoxy) is 1. The number of nitriles is 1. The van der Waals surface area contributed by atoms with Gasteiger partial charge in [0.05, 0.1) is 12.2 Å². The van der Waals surface area contributed by atoms with E-state index in [4.69, 9.17) is 10.00 Å². The molecule has 0 aromatic rings. The van der Waals surface area contributed by atoms with Crippen molar-refractivity contribution in [3.05, 3.63) is 0 Å². The molecule has 3 aliphatic carbocycles. The maximum atomic E-state index is 14.6. The summed E-state index contributed by atoms with van der Waals surface area (Å²) < 4.78 is 63.3. The minimum absolute atomic E-state index is 0.0237. The Morgan fingerprint density at radius 2 is 1.38 bits per heavy atom. The Bertz CT molecular complexity index is 483. The monoisotopic (exact) mass is 375 g/mol. The maximum Gasteiger partial charge on any atom is 0.364 e. The van der Waals surface area contributed by atoms with Gasteiger partial charge in [-0.3, -0.25) is 0 Å². The summed E-state index contributed by atoms with van der Waals surface area (Å²) in [6, 6.07) is 2.14. The lowest BCUT2D eigenvalue weighted by atomic mass is 9.69. The van der Waals surface area contributed by atoms with E-state index in [1.54, 1.807) is 0 Å². The molecule has 0 spiro atoms. The van der Waals surface area contributed by atoms with Gasteiger partial charge < -0.3 is 4.74 Å². The number of nitrogens with zero attached hydrogens (tertiary/aromatic N) is 1. The zero-order chi connectivity index (χ0) is 18.7. The molecule has 6 heteroatoms. The van der Waals surface area contributed by atoms with Crippen molar-refractivity contribution in [1.29, 1.82) is 5.26 Å². The fourth-order valence-corrected chi connectivity index (χ4v) is 5.22. The van der Waals surface area contributed by atoms with Crippen LogP contribution in [-0.4, -0.2) is 24.6 Å². The molecule has 3 aliphatic rings. The van der Waals surface area contributed by atoms with E-state index in [9.17, 15) is 17.6 Å². The molecular formula is C20H29F4NO.